The number of carbonyl (C=O) groups is 1. The summed E-state index contributed by atoms with van der Waals surface area (Å²) < 4.78 is 5.26. The van der Waals surface area contributed by atoms with Crippen LogP contribution in [0.3, 0.4) is 0 Å². The predicted molar refractivity (Wildman–Crippen MR) is 74.0 cm³/mol. The summed E-state index contributed by atoms with van der Waals surface area (Å²) in [5.41, 5.74) is -0.123. The van der Waals surface area contributed by atoms with Crippen molar-refractivity contribution in [3.63, 3.8) is 0 Å². The van der Waals surface area contributed by atoms with Crippen LogP contribution in [0.4, 0.5) is 0 Å². The molecule has 0 saturated heterocycles. The molecule has 0 amide bonds. The van der Waals surface area contributed by atoms with E-state index >= 15 is 0 Å². The molecule has 8 heteroatoms. The van der Waals surface area contributed by atoms with Gasteiger partial charge in [-0.15, -0.1) is 0 Å². The fraction of sp³-hybridized carbons (Fsp3) is 0. The normalized spacial score (nSPS) is 12.1. The van der Waals surface area contributed by atoms with Gasteiger partial charge in [-0.25, -0.2) is 0 Å². The van der Waals surface area contributed by atoms with Crippen LogP contribution >= 0.6 is 59.5 Å². The number of rotatable bonds is 2. The van der Waals surface area contributed by atoms with Crippen LogP contribution in [0.15, 0.2) is 12.1 Å². The summed E-state index contributed by atoms with van der Waals surface area (Å²) in [6.07, 6.45) is 0. The van der Waals surface area contributed by atoms with Crippen molar-refractivity contribution in [3.8, 4) is 5.75 Å². The van der Waals surface area contributed by atoms with Gasteiger partial charge in [0.25, 0.3) is 0 Å². The Bertz CT molecular complexity index is 462. The number of halogens is 3. The van der Waals surface area contributed by atoms with Crippen molar-refractivity contribution in [3.05, 3.63) is 27.7 Å². The predicted octanol–water partition coefficient (Wildman–Crippen LogP) is 4.66. The average molecular weight is 397 g/mol. The number of thiol groups is 1. The van der Waals surface area contributed by atoms with Gasteiger partial charge in [-0.1, -0.05) is 0 Å². The van der Waals surface area contributed by atoms with Crippen molar-refractivity contribution in [2.75, 3.05) is 0 Å². The summed E-state index contributed by atoms with van der Waals surface area (Å²) in [7, 11) is 3.14. The van der Waals surface area contributed by atoms with Crippen LogP contribution in [0, 0.1) is 0 Å². The van der Waals surface area contributed by atoms with Crippen LogP contribution < -0.4 is 4.18 Å². The topological polar surface area (TPSA) is 46.5 Å². The van der Waals surface area contributed by atoms with Crippen molar-refractivity contribution in [2.24, 2.45) is 0 Å². The fourth-order valence-electron chi connectivity index (χ4n) is 0.894. The van der Waals surface area contributed by atoms with Crippen LogP contribution in [0.5, 0.6) is 5.75 Å². The maximum absolute atomic E-state index is 10.8. The first-order valence-corrected chi connectivity index (χ1v) is 9.42. The Morgan fingerprint density at radius 2 is 1.93 bits per heavy atom. The first-order chi connectivity index (χ1) is 6.91. The molecule has 0 saturated carbocycles. The SMILES string of the molecule is O=C(O)c1c(Cl)cc(O[SH](#P)I)cc1Cl. The second-order valence-corrected chi connectivity index (χ2v) is 9.84. The van der Waals surface area contributed by atoms with Crippen molar-refractivity contribution >= 4 is 65.5 Å². The molecule has 82 valence electrons. The Kier molecular flexibility index (Phi) is 5.25. The van der Waals surface area contributed by atoms with E-state index in [0.717, 1.165) is 0 Å². The van der Waals surface area contributed by atoms with Gasteiger partial charge < -0.3 is 0 Å². The molecule has 3 nitrogen and oxygen atoms in total. The second-order valence-electron chi connectivity index (χ2n) is 2.38. The maximum atomic E-state index is 10.8. The Balaban J connectivity index is 3.21. The number of benzene rings is 1. The van der Waals surface area contributed by atoms with E-state index in [0.29, 0.717) is 5.75 Å². The van der Waals surface area contributed by atoms with E-state index in [9.17, 15) is 4.79 Å². The Morgan fingerprint density at radius 3 is 2.27 bits per heavy atom. The minimum atomic E-state index is -1.17. The molecule has 1 N–H and O–H groups in total. The number of carboxylic acid groups (broad SMARTS) is 1. The third-order valence-electron chi connectivity index (χ3n) is 1.41. The first-order valence-electron chi connectivity index (χ1n) is 3.47. The zero-order chi connectivity index (χ0) is 11.6. The molecular formula is C7H4Cl2IO3PS. The van der Waals surface area contributed by atoms with Crippen molar-refractivity contribution in [2.45, 2.75) is 0 Å². The van der Waals surface area contributed by atoms with E-state index in [1.54, 1.807) is 0 Å². The van der Waals surface area contributed by atoms with Crippen LogP contribution in [0.2, 0.25) is 10.0 Å². The summed E-state index contributed by atoms with van der Waals surface area (Å²) in [4.78, 5) is 10.8. The summed E-state index contributed by atoms with van der Waals surface area (Å²) in [5.74, 6) is -0.760. The van der Waals surface area contributed by atoms with Gasteiger partial charge in [0.15, 0.2) is 0 Å². The zero-order valence-electron chi connectivity index (χ0n) is 6.95. The second kappa shape index (κ2) is 5.77. The first kappa shape index (κ1) is 13.6. The monoisotopic (exact) mass is 396 g/mol. The van der Waals surface area contributed by atoms with E-state index < -0.39 is 13.3 Å². The molecule has 1 aromatic rings. The van der Waals surface area contributed by atoms with Gasteiger partial charge >= 0.3 is 113 Å². The van der Waals surface area contributed by atoms with Gasteiger partial charge in [0, 0.05) is 0 Å². The fourth-order valence-corrected chi connectivity index (χ4v) is 2.77. The molecule has 0 aromatic heterocycles. The van der Waals surface area contributed by atoms with Crippen molar-refractivity contribution in [1.29, 1.82) is 0 Å². The van der Waals surface area contributed by atoms with Crippen LogP contribution in [-0.4, -0.2) is 11.1 Å². The number of carboxylic acids is 1. The molecule has 1 unspecified atom stereocenters. The van der Waals surface area contributed by atoms with Crippen molar-refractivity contribution < 1.29 is 14.1 Å². The summed E-state index contributed by atoms with van der Waals surface area (Å²) >= 11 is 13.5. The van der Waals surface area contributed by atoms with Gasteiger partial charge in [-0.3, -0.25) is 0 Å². The quantitative estimate of drug-likeness (QED) is 0.434. The standard InChI is InChI=1S/C7H4Cl2IO3PS/c8-4-1-3(13-15(10)14)2-5(9)6(4)7(11)12/h1-2,15H,(H,11,12). The molecule has 15 heavy (non-hydrogen) atoms. The van der Waals surface area contributed by atoms with Crippen LogP contribution in [0.25, 0.3) is 0 Å². The molecular weight excluding hydrogens is 393 g/mol. The van der Waals surface area contributed by atoms with E-state index in [1.807, 2.05) is 21.2 Å². The van der Waals surface area contributed by atoms with Gasteiger partial charge in [0.1, 0.15) is 0 Å². The molecule has 0 aliphatic carbocycles. The Morgan fingerprint density at radius 1 is 1.47 bits per heavy atom. The van der Waals surface area contributed by atoms with Gasteiger partial charge in [-0.05, 0) is 0 Å². The summed E-state index contributed by atoms with van der Waals surface area (Å²) in [6.45, 7) is 0. The molecule has 0 fully saturated rings. The van der Waals surface area contributed by atoms with E-state index in [2.05, 4.69) is 7.81 Å². The Hall–Kier alpha value is 0.580. The average Bonchev–Trinajstić information content (AvgIpc) is 1.99. The molecule has 0 bridgehead atoms. The molecule has 0 radical (unpaired) electrons. The third-order valence-corrected chi connectivity index (χ3v) is 3.20. The van der Waals surface area contributed by atoms with Crippen molar-refractivity contribution in [1.82, 2.24) is 0 Å². The molecule has 0 aliphatic rings. The molecule has 1 rings (SSSR count). The number of hydrogen-bond donors (Lipinski definition) is 2. The van der Waals surface area contributed by atoms with Gasteiger partial charge in [0.2, 0.25) is 0 Å². The summed E-state index contributed by atoms with van der Waals surface area (Å²) in [5, 5.41) is 8.89. The van der Waals surface area contributed by atoms with E-state index in [-0.39, 0.29) is 15.6 Å². The van der Waals surface area contributed by atoms with E-state index in [1.165, 1.54) is 12.1 Å². The molecule has 0 aliphatic heterocycles. The number of aromatic carboxylic acids is 1. The Labute approximate surface area is 112 Å². The molecule has 0 spiro atoms. The summed E-state index contributed by atoms with van der Waals surface area (Å²) in [6, 6.07) is 2.81. The van der Waals surface area contributed by atoms with E-state index in [4.69, 9.17) is 32.5 Å². The molecule has 1 atom stereocenters. The van der Waals surface area contributed by atoms with Crippen LogP contribution in [-0.2, 0) is 0 Å². The third kappa shape index (κ3) is 3.82. The van der Waals surface area contributed by atoms with Crippen LogP contribution in [0.1, 0.15) is 10.4 Å². The minimum absolute atomic E-state index is 0.0478. The van der Waals surface area contributed by atoms with Gasteiger partial charge in [-0.2, -0.15) is 0 Å². The number of hydrogen-bond acceptors (Lipinski definition) is 2. The molecule has 0 heterocycles. The van der Waals surface area contributed by atoms with Gasteiger partial charge in [0.05, 0.1) is 0 Å². The molecule has 1 aromatic carbocycles. The zero-order valence-corrected chi connectivity index (χ0v) is 12.4.